The smallest absolute Gasteiger partial charge is 0.236 e. The van der Waals surface area contributed by atoms with Gasteiger partial charge in [-0.1, -0.05) is 0 Å². The van der Waals surface area contributed by atoms with Crippen LogP contribution in [0.25, 0.3) is 0 Å². The zero-order chi connectivity index (χ0) is 10.4. The van der Waals surface area contributed by atoms with Gasteiger partial charge in [-0.15, -0.1) is 0 Å². The van der Waals surface area contributed by atoms with Crippen molar-refractivity contribution in [1.29, 1.82) is 0 Å². The number of hydrogen-bond donors (Lipinski definition) is 2. The van der Waals surface area contributed by atoms with Crippen LogP contribution in [0.5, 0.6) is 0 Å². The van der Waals surface area contributed by atoms with Crippen molar-refractivity contribution in [1.82, 2.24) is 9.99 Å². The van der Waals surface area contributed by atoms with Gasteiger partial charge in [-0.3, -0.25) is 9.80 Å². The minimum absolute atomic E-state index is 0.00325. The van der Waals surface area contributed by atoms with Crippen LogP contribution in [0.4, 0.5) is 0 Å². The molecule has 0 aliphatic heterocycles. The molecular weight excluding hydrogens is 178 g/mol. The van der Waals surface area contributed by atoms with Crippen molar-refractivity contribution in [2.24, 2.45) is 5.84 Å². The molecule has 0 saturated heterocycles. The summed E-state index contributed by atoms with van der Waals surface area (Å²) in [6, 6.07) is 4.03. The highest BCUT2D eigenvalue weighted by molar-refractivity contribution is 5.75. The predicted molar refractivity (Wildman–Crippen MR) is 55.3 cm³/mol. The summed E-state index contributed by atoms with van der Waals surface area (Å²) in [6.45, 7) is 0. The van der Waals surface area contributed by atoms with E-state index in [2.05, 4.69) is 11.1 Å². The van der Waals surface area contributed by atoms with Gasteiger partial charge in [0, 0.05) is 25.4 Å². The van der Waals surface area contributed by atoms with Gasteiger partial charge >= 0.3 is 0 Å². The van der Waals surface area contributed by atoms with Gasteiger partial charge in [-0.2, -0.15) is 0 Å². The Hall–Kier alpha value is -1.29. The molecule has 0 spiro atoms. The highest BCUT2D eigenvalue weighted by Crippen LogP contribution is 2.04. The summed E-state index contributed by atoms with van der Waals surface area (Å²) in [7, 11) is 1.58. The summed E-state index contributed by atoms with van der Waals surface area (Å²) in [4.78, 5) is 14.2. The number of nitrogens with one attached hydrogen (secondary N) is 1. The molecule has 0 bridgehead atoms. The number of rotatable bonds is 5. The van der Waals surface area contributed by atoms with Gasteiger partial charge < -0.3 is 4.98 Å². The summed E-state index contributed by atoms with van der Waals surface area (Å²) in [6.07, 6.45) is 5.34. The van der Waals surface area contributed by atoms with E-state index in [4.69, 9.17) is 5.84 Å². The van der Waals surface area contributed by atoms with Crippen LogP contribution in [0.2, 0.25) is 0 Å². The monoisotopic (exact) mass is 195 g/mol. The Morgan fingerprint density at radius 1 is 1.57 bits per heavy atom. The molecule has 1 amide bonds. The normalized spacial score (nSPS) is 10.1. The van der Waals surface area contributed by atoms with Crippen molar-refractivity contribution in [3.05, 3.63) is 24.0 Å². The highest BCUT2D eigenvalue weighted by Gasteiger charge is 2.03. The van der Waals surface area contributed by atoms with E-state index in [1.807, 2.05) is 12.3 Å². The van der Waals surface area contributed by atoms with Crippen molar-refractivity contribution < 1.29 is 4.79 Å². The first-order valence-electron chi connectivity index (χ1n) is 4.83. The molecule has 3 N–H and O–H groups in total. The van der Waals surface area contributed by atoms with Gasteiger partial charge in [-0.05, 0) is 31.4 Å². The predicted octanol–water partition coefficient (Wildman–Crippen LogP) is 1.06. The molecule has 78 valence electrons. The van der Waals surface area contributed by atoms with Crippen molar-refractivity contribution in [3.8, 4) is 0 Å². The number of hydrogen-bond acceptors (Lipinski definition) is 2. The minimum Gasteiger partial charge on any atom is -0.365 e. The Bertz CT molecular complexity index is 267. The molecule has 0 radical (unpaired) electrons. The standard InChI is InChI=1S/C10H17N3O/c1-13(11)10(14)7-3-2-5-9-6-4-8-12-9/h4,6,8,12H,2-3,5,7,11H2,1H3. The lowest BCUT2D eigenvalue weighted by Crippen LogP contribution is -2.32. The maximum absolute atomic E-state index is 11.1. The van der Waals surface area contributed by atoms with Gasteiger partial charge in [-0.25, -0.2) is 5.84 Å². The number of carbonyl (C=O) groups excluding carboxylic acids is 1. The third kappa shape index (κ3) is 3.62. The molecule has 4 heteroatoms. The average molecular weight is 195 g/mol. The second-order valence-electron chi connectivity index (χ2n) is 3.41. The van der Waals surface area contributed by atoms with Crippen LogP contribution < -0.4 is 5.84 Å². The average Bonchev–Trinajstić information content (AvgIpc) is 2.64. The van der Waals surface area contributed by atoms with Gasteiger partial charge in [0.05, 0.1) is 0 Å². The van der Waals surface area contributed by atoms with Crippen molar-refractivity contribution >= 4 is 5.91 Å². The van der Waals surface area contributed by atoms with E-state index < -0.39 is 0 Å². The van der Waals surface area contributed by atoms with Crippen LogP contribution >= 0.6 is 0 Å². The number of unbranched alkanes of at least 4 members (excludes halogenated alkanes) is 1. The number of hydrazine groups is 1. The van der Waals surface area contributed by atoms with Crippen LogP contribution in [0.1, 0.15) is 25.0 Å². The summed E-state index contributed by atoms with van der Waals surface area (Å²) in [5.74, 6) is 5.29. The van der Waals surface area contributed by atoms with Crippen LogP contribution in [-0.4, -0.2) is 22.9 Å². The van der Waals surface area contributed by atoms with E-state index in [9.17, 15) is 4.79 Å². The number of nitrogens with two attached hydrogens (primary N) is 1. The molecule has 0 aromatic carbocycles. The summed E-state index contributed by atoms with van der Waals surface area (Å²) in [5, 5.41) is 1.15. The number of amides is 1. The largest absolute Gasteiger partial charge is 0.365 e. The molecule has 0 aliphatic carbocycles. The van der Waals surface area contributed by atoms with Crippen molar-refractivity contribution in [2.75, 3.05) is 7.05 Å². The maximum atomic E-state index is 11.1. The molecule has 0 unspecified atom stereocenters. The molecule has 0 fully saturated rings. The number of carbonyl (C=O) groups is 1. The maximum Gasteiger partial charge on any atom is 0.236 e. The Morgan fingerprint density at radius 3 is 2.93 bits per heavy atom. The lowest BCUT2D eigenvalue weighted by molar-refractivity contribution is -0.130. The Kier molecular flexibility index (Phi) is 4.19. The molecule has 1 rings (SSSR count). The fourth-order valence-electron chi connectivity index (χ4n) is 1.29. The summed E-state index contributed by atoms with van der Waals surface area (Å²) in [5.41, 5.74) is 1.22. The SMILES string of the molecule is CN(N)C(=O)CCCCc1ccc[nH]1. The van der Waals surface area contributed by atoms with E-state index >= 15 is 0 Å². The van der Waals surface area contributed by atoms with E-state index in [1.165, 1.54) is 5.69 Å². The molecular formula is C10H17N3O. The molecule has 14 heavy (non-hydrogen) atoms. The third-order valence-corrected chi connectivity index (χ3v) is 2.14. The van der Waals surface area contributed by atoms with Crippen LogP contribution in [0.3, 0.4) is 0 Å². The van der Waals surface area contributed by atoms with E-state index in [-0.39, 0.29) is 5.91 Å². The number of H-pyrrole nitrogens is 1. The van der Waals surface area contributed by atoms with Crippen molar-refractivity contribution in [2.45, 2.75) is 25.7 Å². The molecule has 0 saturated carbocycles. The zero-order valence-corrected chi connectivity index (χ0v) is 8.49. The van der Waals surface area contributed by atoms with Crippen molar-refractivity contribution in [3.63, 3.8) is 0 Å². The molecule has 0 aliphatic rings. The Morgan fingerprint density at radius 2 is 2.36 bits per heavy atom. The highest BCUT2D eigenvalue weighted by atomic mass is 16.2. The molecule has 1 aromatic rings. The van der Waals surface area contributed by atoms with Gasteiger partial charge in [0.1, 0.15) is 0 Å². The Labute approximate surface area is 84.1 Å². The second-order valence-corrected chi connectivity index (χ2v) is 3.41. The molecule has 0 atom stereocenters. The number of aromatic amines is 1. The van der Waals surface area contributed by atoms with E-state index in [0.29, 0.717) is 6.42 Å². The fourth-order valence-corrected chi connectivity index (χ4v) is 1.29. The minimum atomic E-state index is -0.00325. The van der Waals surface area contributed by atoms with E-state index in [0.717, 1.165) is 24.3 Å². The lowest BCUT2D eigenvalue weighted by atomic mass is 10.1. The fraction of sp³-hybridized carbons (Fsp3) is 0.500. The topological polar surface area (TPSA) is 62.1 Å². The van der Waals surface area contributed by atoms with Gasteiger partial charge in [0.15, 0.2) is 0 Å². The first-order chi connectivity index (χ1) is 6.70. The molecule has 1 aromatic heterocycles. The lowest BCUT2D eigenvalue weighted by Gasteiger charge is -2.08. The number of nitrogens with zero attached hydrogens (tertiary/aromatic N) is 1. The Balaban J connectivity index is 2.08. The molecule has 4 nitrogen and oxygen atoms in total. The van der Waals surface area contributed by atoms with E-state index in [1.54, 1.807) is 7.05 Å². The first-order valence-corrected chi connectivity index (χ1v) is 4.83. The summed E-state index contributed by atoms with van der Waals surface area (Å²) >= 11 is 0. The summed E-state index contributed by atoms with van der Waals surface area (Å²) < 4.78 is 0. The molecule has 1 heterocycles. The first kappa shape index (κ1) is 10.8. The zero-order valence-electron chi connectivity index (χ0n) is 8.49. The number of aromatic nitrogens is 1. The second kappa shape index (κ2) is 5.44. The number of aryl methyl sites for hydroxylation is 1. The van der Waals surface area contributed by atoms with Crippen LogP contribution in [0.15, 0.2) is 18.3 Å². The van der Waals surface area contributed by atoms with Gasteiger partial charge in [0.2, 0.25) is 5.91 Å². The van der Waals surface area contributed by atoms with Crippen LogP contribution in [0, 0.1) is 0 Å². The third-order valence-electron chi connectivity index (χ3n) is 2.14. The van der Waals surface area contributed by atoms with Crippen LogP contribution in [-0.2, 0) is 11.2 Å². The quantitative estimate of drug-likeness (QED) is 0.319. The van der Waals surface area contributed by atoms with Gasteiger partial charge in [0.25, 0.3) is 0 Å².